The number of anilines is 1. The molecule has 4 rings (SSSR count). The van der Waals surface area contributed by atoms with Crippen LogP contribution in [0.4, 0.5) is 5.13 Å². The summed E-state index contributed by atoms with van der Waals surface area (Å²) in [5, 5.41) is 3.52. The zero-order valence-corrected chi connectivity index (χ0v) is 19.7. The molecule has 0 saturated carbocycles. The molecule has 5 nitrogen and oxygen atoms in total. The molecule has 0 aliphatic heterocycles. The maximum Gasteiger partial charge on any atom is 0.257 e. The molecule has 0 fully saturated rings. The highest BCUT2D eigenvalue weighted by atomic mass is 32.1. The Hall–Kier alpha value is -3.64. The van der Waals surface area contributed by atoms with Gasteiger partial charge in [-0.15, -0.1) is 11.3 Å². The van der Waals surface area contributed by atoms with Gasteiger partial charge in [0.25, 0.3) is 5.91 Å². The van der Waals surface area contributed by atoms with E-state index in [9.17, 15) is 4.79 Å². The minimum Gasteiger partial charge on any atom is -0.497 e. The summed E-state index contributed by atoms with van der Waals surface area (Å²) in [5.74, 6) is 0.865. The monoisotopic (exact) mass is 458 g/mol. The average Bonchev–Trinajstić information content (AvgIpc) is 3.26. The van der Waals surface area contributed by atoms with Crippen molar-refractivity contribution >= 4 is 22.4 Å². The van der Waals surface area contributed by atoms with Crippen molar-refractivity contribution in [2.75, 3.05) is 19.5 Å². The van der Waals surface area contributed by atoms with Crippen LogP contribution in [0, 0.1) is 0 Å². The van der Waals surface area contributed by atoms with Crippen LogP contribution >= 0.6 is 11.3 Å². The van der Waals surface area contributed by atoms with Crippen molar-refractivity contribution < 1.29 is 14.3 Å². The fraction of sp³-hybridized carbons (Fsp3) is 0.185. The Morgan fingerprint density at radius 2 is 1.48 bits per heavy atom. The highest BCUT2D eigenvalue weighted by molar-refractivity contribution is 7.16. The molecule has 0 aliphatic rings. The molecule has 1 amide bonds. The lowest BCUT2D eigenvalue weighted by molar-refractivity contribution is 0.102. The number of aryl methyl sites for hydroxylation is 1. The second-order valence-electron chi connectivity index (χ2n) is 7.54. The molecule has 0 unspecified atom stereocenters. The highest BCUT2D eigenvalue weighted by Gasteiger charge is 2.16. The number of benzene rings is 3. The second-order valence-corrected chi connectivity index (χ2v) is 8.62. The lowest BCUT2D eigenvalue weighted by atomic mass is 10.0. The van der Waals surface area contributed by atoms with Gasteiger partial charge in [0.05, 0.1) is 19.9 Å². The van der Waals surface area contributed by atoms with E-state index in [4.69, 9.17) is 14.5 Å². The van der Waals surface area contributed by atoms with Crippen molar-refractivity contribution in [2.24, 2.45) is 0 Å². The number of ether oxygens (including phenoxy) is 2. The van der Waals surface area contributed by atoms with Crippen LogP contribution in [0.2, 0.25) is 0 Å². The Bertz CT molecular complexity index is 1210. The molecule has 4 aromatic rings. The van der Waals surface area contributed by atoms with Crippen LogP contribution in [-0.4, -0.2) is 25.1 Å². The van der Waals surface area contributed by atoms with Crippen LogP contribution in [-0.2, 0) is 6.42 Å². The predicted molar refractivity (Wildman–Crippen MR) is 134 cm³/mol. The van der Waals surface area contributed by atoms with E-state index in [0.717, 1.165) is 34.5 Å². The molecular formula is C27H26N2O3S. The van der Waals surface area contributed by atoms with E-state index in [1.54, 1.807) is 32.4 Å². The molecular weight excluding hydrogens is 432 g/mol. The molecule has 33 heavy (non-hydrogen) atoms. The molecule has 1 N–H and O–H groups in total. The van der Waals surface area contributed by atoms with Gasteiger partial charge in [-0.05, 0) is 29.7 Å². The lowest BCUT2D eigenvalue weighted by Gasteiger charge is -2.08. The summed E-state index contributed by atoms with van der Waals surface area (Å²) in [6.07, 6.45) is 1.90. The van der Waals surface area contributed by atoms with Gasteiger partial charge in [-0.2, -0.15) is 0 Å². The molecule has 0 saturated heterocycles. The lowest BCUT2D eigenvalue weighted by Crippen LogP contribution is -2.12. The maximum absolute atomic E-state index is 12.9. The summed E-state index contributed by atoms with van der Waals surface area (Å²) >= 11 is 1.52. The fourth-order valence-electron chi connectivity index (χ4n) is 3.59. The van der Waals surface area contributed by atoms with Gasteiger partial charge in [0.1, 0.15) is 11.5 Å². The fourth-order valence-corrected chi connectivity index (χ4v) is 4.67. The van der Waals surface area contributed by atoms with E-state index in [-0.39, 0.29) is 5.91 Å². The standard InChI is InChI=1S/C27H26N2O3S/c1-4-8-24-25(20-13-11-19(12-14-20)18-9-6-5-7-10-18)28-27(33-24)29-26(30)21-15-22(31-2)17-23(16-21)32-3/h5-7,9-17H,4,8H2,1-3H3,(H,28,29,30). The third kappa shape index (κ3) is 5.23. The first-order chi connectivity index (χ1) is 16.1. The third-order valence-corrected chi connectivity index (χ3v) is 6.30. The summed E-state index contributed by atoms with van der Waals surface area (Å²) in [6.45, 7) is 2.14. The summed E-state index contributed by atoms with van der Waals surface area (Å²) in [7, 11) is 3.12. The van der Waals surface area contributed by atoms with Gasteiger partial charge in [0.15, 0.2) is 5.13 Å². The molecule has 168 valence electrons. The van der Waals surface area contributed by atoms with Gasteiger partial charge in [-0.3, -0.25) is 10.1 Å². The molecule has 1 aromatic heterocycles. The van der Waals surface area contributed by atoms with Crippen LogP contribution in [0.3, 0.4) is 0 Å². The largest absolute Gasteiger partial charge is 0.497 e. The number of hydrogen-bond acceptors (Lipinski definition) is 5. The van der Waals surface area contributed by atoms with E-state index in [2.05, 4.69) is 48.6 Å². The molecule has 0 radical (unpaired) electrons. The van der Waals surface area contributed by atoms with Crippen molar-refractivity contribution in [3.8, 4) is 33.9 Å². The van der Waals surface area contributed by atoms with Crippen LogP contribution in [0.15, 0.2) is 72.8 Å². The van der Waals surface area contributed by atoms with E-state index in [0.29, 0.717) is 22.2 Å². The van der Waals surface area contributed by atoms with Crippen molar-refractivity contribution in [3.63, 3.8) is 0 Å². The normalized spacial score (nSPS) is 10.6. The van der Waals surface area contributed by atoms with Gasteiger partial charge < -0.3 is 9.47 Å². The van der Waals surface area contributed by atoms with Gasteiger partial charge in [-0.1, -0.05) is 67.9 Å². The summed E-state index contributed by atoms with van der Waals surface area (Å²) in [6, 6.07) is 23.8. The molecule has 3 aromatic carbocycles. The van der Waals surface area contributed by atoms with Crippen molar-refractivity contribution in [3.05, 3.63) is 83.2 Å². The summed E-state index contributed by atoms with van der Waals surface area (Å²) in [4.78, 5) is 18.8. The average molecular weight is 459 g/mol. The Morgan fingerprint density at radius 1 is 0.879 bits per heavy atom. The Morgan fingerprint density at radius 3 is 2.09 bits per heavy atom. The van der Waals surface area contributed by atoms with Crippen molar-refractivity contribution in [1.29, 1.82) is 0 Å². The van der Waals surface area contributed by atoms with Crippen LogP contribution < -0.4 is 14.8 Å². The van der Waals surface area contributed by atoms with E-state index in [1.165, 1.54) is 16.9 Å². The molecule has 0 spiro atoms. The summed E-state index contributed by atoms with van der Waals surface area (Å²) < 4.78 is 10.6. The van der Waals surface area contributed by atoms with Crippen molar-refractivity contribution in [2.45, 2.75) is 19.8 Å². The maximum atomic E-state index is 12.9. The van der Waals surface area contributed by atoms with E-state index >= 15 is 0 Å². The first-order valence-corrected chi connectivity index (χ1v) is 11.6. The minimum atomic E-state index is -0.255. The number of nitrogens with zero attached hydrogens (tertiary/aromatic N) is 1. The summed E-state index contributed by atoms with van der Waals surface area (Å²) in [5.41, 5.74) is 4.75. The number of hydrogen-bond donors (Lipinski definition) is 1. The van der Waals surface area contributed by atoms with E-state index < -0.39 is 0 Å². The van der Waals surface area contributed by atoms with Gasteiger partial charge in [0.2, 0.25) is 0 Å². The van der Waals surface area contributed by atoms with Crippen LogP contribution in [0.5, 0.6) is 11.5 Å². The molecule has 0 bridgehead atoms. The Labute approximate surface area is 198 Å². The molecule has 6 heteroatoms. The zero-order chi connectivity index (χ0) is 23.2. The number of carbonyl (C=O) groups is 1. The van der Waals surface area contributed by atoms with Crippen LogP contribution in [0.1, 0.15) is 28.6 Å². The van der Waals surface area contributed by atoms with Gasteiger partial charge in [-0.25, -0.2) is 4.98 Å². The van der Waals surface area contributed by atoms with Crippen LogP contribution in [0.25, 0.3) is 22.4 Å². The van der Waals surface area contributed by atoms with Crippen molar-refractivity contribution in [1.82, 2.24) is 4.98 Å². The third-order valence-electron chi connectivity index (χ3n) is 5.27. The number of carbonyl (C=O) groups excluding carboxylic acids is 1. The number of aromatic nitrogens is 1. The molecule has 1 heterocycles. The minimum absolute atomic E-state index is 0.255. The Balaban J connectivity index is 1.60. The Kier molecular flexibility index (Phi) is 7.05. The number of methoxy groups -OCH3 is 2. The highest BCUT2D eigenvalue weighted by Crippen LogP contribution is 2.34. The number of nitrogens with one attached hydrogen (secondary N) is 1. The zero-order valence-electron chi connectivity index (χ0n) is 18.9. The topological polar surface area (TPSA) is 60.5 Å². The first kappa shape index (κ1) is 22.6. The number of amides is 1. The number of rotatable bonds is 8. The SMILES string of the molecule is CCCc1sc(NC(=O)c2cc(OC)cc(OC)c2)nc1-c1ccc(-c2ccccc2)cc1. The smallest absolute Gasteiger partial charge is 0.257 e. The second kappa shape index (κ2) is 10.3. The molecule has 0 aliphatic carbocycles. The van der Waals surface area contributed by atoms with Gasteiger partial charge >= 0.3 is 0 Å². The van der Waals surface area contributed by atoms with Gasteiger partial charge in [0, 0.05) is 22.1 Å². The van der Waals surface area contributed by atoms with E-state index in [1.807, 2.05) is 18.2 Å². The quantitative estimate of drug-likeness (QED) is 0.319. The molecule has 0 atom stereocenters. The first-order valence-electron chi connectivity index (χ1n) is 10.8. The predicted octanol–water partition coefficient (Wildman–Crippen LogP) is 6.70. The number of thiazole rings is 1.